The summed E-state index contributed by atoms with van der Waals surface area (Å²) in [5.74, 6) is 0.439. The van der Waals surface area contributed by atoms with Crippen LogP contribution in [0.2, 0.25) is 0 Å². The van der Waals surface area contributed by atoms with Crippen LogP contribution in [0.25, 0.3) is 10.8 Å². The van der Waals surface area contributed by atoms with Crippen molar-refractivity contribution in [3.05, 3.63) is 44.6 Å². The molecule has 1 N–H and O–H groups in total. The van der Waals surface area contributed by atoms with Crippen LogP contribution in [-0.4, -0.2) is 25.8 Å². The molecule has 0 spiro atoms. The van der Waals surface area contributed by atoms with E-state index in [1.807, 2.05) is 13.8 Å². The molecule has 0 aromatic carbocycles. The summed E-state index contributed by atoms with van der Waals surface area (Å²) < 4.78 is 0. The molecule has 0 fully saturated rings. The lowest BCUT2D eigenvalue weighted by Crippen LogP contribution is -2.22. The van der Waals surface area contributed by atoms with E-state index in [-0.39, 0.29) is 5.91 Å². The fourth-order valence-electron chi connectivity index (χ4n) is 2.32. The molecule has 25 heavy (non-hydrogen) atoms. The molecule has 3 rings (SSSR count). The summed E-state index contributed by atoms with van der Waals surface area (Å²) in [4.78, 5) is 31.8. The van der Waals surface area contributed by atoms with Gasteiger partial charge in [-0.05, 0) is 25.8 Å². The summed E-state index contributed by atoms with van der Waals surface area (Å²) in [6.45, 7) is 6.54. The Hall–Kier alpha value is -2.19. The topological polar surface area (TPSA) is 80.7 Å². The molecule has 3 aromatic heterocycles. The van der Waals surface area contributed by atoms with Gasteiger partial charge in [0.2, 0.25) is 0 Å². The highest BCUT2D eigenvalue weighted by Gasteiger charge is 2.19. The van der Waals surface area contributed by atoms with Crippen molar-refractivity contribution in [1.82, 2.24) is 25.3 Å². The number of carbonyl (C=O) groups is 1. The number of nitrogens with one attached hydrogen (secondary N) is 1. The van der Waals surface area contributed by atoms with Gasteiger partial charge in [0.15, 0.2) is 10.8 Å². The smallest absolute Gasteiger partial charge is 0.263 e. The van der Waals surface area contributed by atoms with E-state index in [2.05, 4.69) is 32.2 Å². The van der Waals surface area contributed by atoms with E-state index >= 15 is 0 Å². The van der Waals surface area contributed by atoms with Crippen molar-refractivity contribution < 1.29 is 4.79 Å². The van der Waals surface area contributed by atoms with Crippen molar-refractivity contribution in [3.63, 3.8) is 0 Å². The third-order valence-electron chi connectivity index (χ3n) is 3.64. The first-order valence-corrected chi connectivity index (χ1v) is 9.76. The third-order valence-corrected chi connectivity index (χ3v) is 6.04. The Balaban J connectivity index is 1.77. The van der Waals surface area contributed by atoms with Gasteiger partial charge in [-0.2, -0.15) is 0 Å². The second-order valence-electron chi connectivity index (χ2n) is 5.37. The zero-order valence-electron chi connectivity index (χ0n) is 14.4. The van der Waals surface area contributed by atoms with Gasteiger partial charge in [-0.1, -0.05) is 13.8 Å². The van der Waals surface area contributed by atoms with E-state index in [4.69, 9.17) is 0 Å². The number of thiazole rings is 2. The summed E-state index contributed by atoms with van der Waals surface area (Å²) in [7, 11) is 0. The molecular formula is C17H19N5OS2. The first-order valence-electron chi connectivity index (χ1n) is 8.12. The number of hydrogen-bond acceptors (Lipinski definition) is 7. The van der Waals surface area contributed by atoms with Crippen molar-refractivity contribution in [2.24, 2.45) is 0 Å². The minimum Gasteiger partial charge on any atom is -0.346 e. The van der Waals surface area contributed by atoms with E-state index < -0.39 is 0 Å². The van der Waals surface area contributed by atoms with Crippen LogP contribution in [0, 0.1) is 6.92 Å². The van der Waals surface area contributed by atoms with E-state index in [1.54, 1.807) is 29.8 Å². The van der Waals surface area contributed by atoms with Gasteiger partial charge in [-0.3, -0.25) is 4.79 Å². The van der Waals surface area contributed by atoms with Crippen LogP contribution in [0.3, 0.4) is 0 Å². The lowest BCUT2D eigenvalue weighted by Gasteiger charge is -2.03. The molecule has 0 saturated heterocycles. The minimum atomic E-state index is -0.109. The van der Waals surface area contributed by atoms with Crippen LogP contribution in [0.15, 0.2) is 18.5 Å². The van der Waals surface area contributed by atoms with E-state index in [0.717, 1.165) is 27.7 Å². The molecule has 0 saturated carbocycles. The predicted octanol–water partition coefficient (Wildman–Crippen LogP) is 3.42. The van der Waals surface area contributed by atoms with Crippen LogP contribution >= 0.6 is 22.7 Å². The first kappa shape index (κ1) is 17.6. The molecule has 0 aliphatic carbocycles. The molecule has 0 atom stereocenters. The Morgan fingerprint density at radius 1 is 1.12 bits per heavy atom. The zero-order chi connectivity index (χ0) is 17.8. The van der Waals surface area contributed by atoms with Crippen LogP contribution < -0.4 is 5.32 Å². The predicted molar refractivity (Wildman–Crippen MR) is 99.9 cm³/mol. The van der Waals surface area contributed by atoms with Gasteiger partial charge in [0.25, 0.3) is 5.91 Å². The number of carbonyl (C=O) groups excluding carboxylic acids is 1. The first-order chi connectivity index (χ1) is 12.1. The van der Waals surface area contributed by atoms with E-state index in [1.165, 1.54) is 11.3 Å². The normalized spacial score (nSPS) is 10.8. The van der Waals surface area contributed by atoms with Crippen molar-refractivity contribution in [2.45, 2.75) is 40.2 Å². The Kier molecular flexibility index (Phi) is 5.50. The highest BCUT2D eigenvalue weighted by atomic mass is 32.1. The zero-order valence-corrected chi connectivity index (χ0v) is 16.0. The average Bonchev–Trinajstić information content (AvgIpc) is 3.24. The number of amides is 1. The molecule has 0 aliphatic heterocycles. The van der Waals surface area contributed by atoms with Crippen LogP contribution in [0.5, 0.6) is 0 Å². The molecule has 3 heterocycles. The maximum absolute atomic E-state index is 12.6. The van der Waals surface area contributed by atoms with Gasteiger partial charge >= 0.3 is 0 Å². The second-order valence-corrected chi connectivity index (χ2v) is 7.54. The third kappa shape index (κ3) is 3.91. The number of hydrogen-bond donors (Lipinski definition) is 1. The van der Waals surface area contributed by atoms with Gasteiger partial charge in [-0.25, -0.2) is 19.9 Å². The summed E-state index contributed by atoms with van der Waals surface area (Å²) in [6, 6.07) is 1.76. The average molecular weight is 374 g/mol. The highest BCUT2D eigenvalue weighted by Crippen LogP contribution is 2.26. The maximum atomic E-state index is 12.6. The lowest BCUT2D eigenvalue weighted by atomic mass is 10.3. The van der Waals surface area contributed by atoms with Crippen molar-refractivity contribution in [2.75, 3.05) is 0 Å². The SMILES string of the molecule is CCc1nc(C)c(CNC(=O)c2sc(-c3ncccn3)nc2CC)s1. The van der Waals surface area contributed by atoms with Crippen LogP contribution in [0.4, 0.5) is 0 Å². The van der Waals surface area contributed by atoms with Crippen LogP contribution in [0.1, 0.15) is 44.8 Å². The second kappa shape index (κ2) is 7.79. The van der Waals surface area contributed by atoms with Crippen LogP contribution in [-0.2, 0) is 19.4 Å². The fraction of sp³-hybridized carbons (Fsp3) is 0.353. The van der Waals surface area contributed by atoms with Crippen molar-refractivity contribution in [3.8, 4) is 10.8 Å². The fourth-order valence-corrected chi connectivity index (χ4v) is 4.29. The summed E-state index contributed by atoms with van der Waals surface area (Å²) in [5.41, 5.74) is 1.76. The van der Waals surface area contributed by atoms with Gasteiger partial charge in [-0.15, -0.1) is 22.7 Å². The molecule has 8 heteroatoms. The molecule has 0 unspecified atom stereocenters. The number of rotatable bonds is 6. The Bertz CT molecular complexity index is 873. The molecule has 0 radical (unpaired) electrons. The van der Waals surface area contributed by atoms with Gasteiger partial charge in [0.1, 0.15) is 4.88 Å². The van der Waals surface area contributed by atoms with Gasteiger partial charge in [0, 0.05) is 17.3 Å². The standard InChI is InChI=1S/C17H19N5OS2/c1-4-11-14(25-17(22-11)15-18-7-6-8-19-15)16(23)20-9-12-10(3)21-13(5-2)24-12/h6-8H,4-5,9H2,1-3H3,(H,20,23). The van der Waals surface area contributed by atoms with Crippen molar-refractivity contribution >= 4 is 28.6 Å². The summed E-state index contributed by atoms with van der Waals surface area (Å²) >= 11 is 2.98. The molecular weight excluding hydrogens is 354 g/mol. The number of nitrogens with zero attached hydrogens (tertiary/aromatic N) is 4. The minimum absolute atomic E-state index is 0.109. The number of aromatic nitrogens is 4. The highest BCUT2D eigenvalue weighted by molar-refractivity contribution is 7.17. The largest absolute Gasteiger partial charge is 0.346 e. The molecule has 1 amide bonds. The van der Waals surface area contributed by atoms with Gasteiger partial charge in [0.05, 0.1) is 22.9 Å². The lowest BCUT2D eigenvalue weighted by molar-refractivity contribution is 0.0954. The quantitative estimate of drug-likeness (QED) is 0.716. The number of aryl methyl sites for hydroxylation is 3. The Morgan fingerprint density at radius 3 is 2.52 bits per heavy atom. The Labute approximate surface area is 154 Å². The van der Waals surface area contributed by atoms with E-state index in [0.29, 0.717) is 28.7 Å². The maximum Gasteiger partial charge on any atom is 0.263 e. The van der Waals surface area contributed by atoms with E-state index in [9.17, 15) is 4.79 Å². The summed E-state index contributed by atoms with van der Waals surface area (Å²) in [5, 5.41) is 4.76. The molecule has 130 valence electrons. The van der Waals surface area contributed by atoms with Gasteiger partial charge < -0.3 is 5.32 Å². The molecule has 3 aromatic rings. The molecule has 0 bridgehead atoms. The summed E-state index contributed by atoms with van der Waals surface area (Å²) in [6.07, 6.45) is 4.94. The molecule has 6 nitrogen and oxygen atoms in total. The molecule has 0 aliphatic rings. The monoisotopic (exact) mass is 373 g/mol. The Morgan fingerprint density at radius 2 is 1.88 bits per heavy atom. The van der Waals surface area contributed by atoms with Crippen molar-refractivity contribution in [1.29, 1.82) is 0 Å².